The molecule has 0 spiro atoms. The fourth-order valence-electron chi connectivity index (χ4n) is 5.64. The van der Waals surface area contributed by atoms with E-state index in [2.05, 4.69) is 39.0 Å². The van der Waals surface area contributed by atoms with Gasteiger partial charge in [-0.05, 0) is 50.9 Å². The van der Waals surface area contributed by atoms with Gasteiger partial charge in [0.05, 0.1) is 6.10 Å². The van der Waals surface area contributed by atoms with E-state index in [1.54, 1.807) is 6.08 Å². The van der Waals surface area contributed by atoms with Gasteiger partial charge in [-0.15, -0.1) is 0 Å². The number of esters is 2. The molecular weight excluding hydrogens is 624 g/mol. The quantitative estimate of drug-likeness (QED) is 0.0292. The standard InChI is InChI=1S/C44H78O6/c1-4-5-6-7-8-16-20-24-29-34-41(45)35-30-25-22-27-32-37-44(48)50-39-42(46)38-49-43(47)36-31-26-21-18-15-13-11-9-10-12-14-17-19-23-28-33-40(2)3/h8,16,22,24-25,29-30,35,40-42,45-46H,4-7,9-15,17-21,23,26-28,31-34,36-39H2,1-3H3/b16-8-,25-22+,29-24-,35-30-/t41?,42-/m1/s1. The minimum absolute atomic E-state index is 0.155. The zero-order chi connectivity index (χ0) is 36.8. The van der Waals surface area contributed by atoms with Crippen molar-refractivity contribution in [2.75, 3.05) is 13.2 Å². The van der Waals surface area contributed by atoms with Crippen LogP contribution in [0, 0.1) is 5.92 Å². The Morgan fingerprint density at radius 3 is 1.62 bits per heavy atom. The fraction of sp³-hybridized carbons (Fsp3) is 0.773. The van der Waals surface area contributed by atoms with Gasteiger partial charge in [-0.1, -0.05) is 179 Å². The predicted octanol–water partition coefficient (Wildman–Crippen LogP) is 11.8. The molecule has 6 heteroatoms. The van der Waals surface area contributed by atoms with Crippen LogP contribution in [-0.2, 0) is 19.1 Å². The van der Waals surface area contributed by atoms with Crippen LogP contribution in [0.5, 0.6) is 0 Å². The first-order valence-corrected chi connectivity index (χ1v) is 20.7. The van der Waals surface area contributed by atoms with Crippen LogP contribution in [0.2, 0.25) is 0 Å². The van der Waals surface area contributed by atoms with Crippen molar-refractivity contribution in [3.63, 3.8) is 0 Å². The summed E-state index contributed by atoms with van der Waals surface area (Å²) in [5.41, 5.74) is 0. The molecule has 0 aliphatic carbocycles. The van der Waals surface area contributed by atoms with Crippen LogP contribution in [0.15, 0.2) is 48.6 Å². The number of hydrogen-bond acceptors (Lipinski definition) is 6. The molecule has 0 aliphatic rings. The van der Waals surface area contributed by atoms with Gasteiger partial charge in [0.15, 0.2) is 0 Å². The summed E-state index contributed by atoms with van der Waals surface area (Å²) < 4.78 is 10.3. The summed E-state index contributed by atoms with van der Waals surface area (Å²) in [6, 6.07) is 0. The highest BCUT2D eigenvalue weighted by Crippen LogP contribution is 2.15. The summed E-state index contributed by atoms with van der Waals surface area (Å²) in [6.07, 6.45) is 43.4. The third-order valence-corrected chi connectivity index (χ3v) is 8.83. The third kappa shape index (κ3) is 38.6. The maximum Gasteiger partial charge on any atom is 0.305 e. The Bertz CT molecular complexity index is 874. The van der Waals surface area contributed by atoms with Crippen molar-refractivity contribution >= 4 is 11.9 Å². The van der Waals surface area contributed by atoms with Crippen LogP contribution in [0.4, 0.5) is 0 Å². The molecule has 0 aromatic heterocycles. The molecular formula is C44H78O6. The van der Waals surface area contributed by atoms with Gasteiger partial charge in [0.1, 0.15) is 19.3 Å². The number of aliphatic hydroxyl groups is 2. The smallest absolute Gasteiger partial charge is 0.305 e. The van der Waals surface area contributed by atoms with E-state index in [9.17, 15) is 19.8 Å². The third-order valence-electron chi connectivity index (χ3n) is 8.83. The zero-order valence-electron chi connectivity index (χ0n) is 32.7. The Labute approximate surface area is 308 Å². The van der Waals surface area contributed by atoms with Crippen molar-refractivity contribution in [3.8, 4) is 0 Å². The maximum absolute atomic E-state index is 12.0. The van der Waals surface area contributed by atoms with Crippen LogP contribution in [0.1, 0.15) is 188 Å². The van der Waals surface area contributed by atoms with Crippen LogP contribution < -0.4 is 0 Å². The first-order valence-electron chi connectivity index (χ1n) is 20.7. The summed E-state index contributed by atoms with van der Waals surface area (Å²) in [7, 11) is 0. The second-order valence-electron chi connectivity index (χ2n) is 14.4. The van der Waals surface area contributed by atoms with Gasteiger partial charge in [-0.25, -0.2) is 0 Å². The Morgan fingerprint density at radius 2 is 1.06 bits per heavy atom. The molecule has 2 N–H and O–H groups in total. The molecule has 0 bridgehead atoms. The normalized spacial score (nSPS) is 13.4. The lowest BCUT2D eigenvalue weighted by Gasteiger charge is -2.12. The summed E-state index contributed by atoms with van der Waals surface area (Å²) in [4.78, 5) is 23.9. The van der Waals surface area contributed by atoms with E-state index in [0.29, 0.717) is 25.7 Å². The Morgan fingerprint density at radius 1 is 0.560 bits per heavy atom. The van der Waals surface area contributed by atoms with Crippen molar-refractivity contribution in [3.05, 3.63) is 48.6 Å². The Kier molecular flexibility index (Phi) is 36.4. The van der Waals surface area contributed by atoms with Crippen molar-refractivity contribution in [2.24, 2.45) is 5.92 Å². The van der Waals surface area contributed by atoms with Crippen molar-refractivity contribution < 1.29 is 29.3 Å². The number of hydrogen-bond donors (Lipinski definition) is 2. The number of unbranched alkanes of at least 4 members (excludes halogenated alkanes) is 18. The highest BCUT2D eigenvalue weighted by molar-refractivity contribution is 5.69. The summed E-state index contributed by atoms with van der Waals surface area (Å²) in [5, 5.41) is 20.0. The topological polar surface area (TPSA) is 93.1 Å². The Balaban J connectivity index is 3.58. The van der Waals surface area contributed by atoms with Crippen LogP contribution in [-0.4, -0.2) is 47.6 Å². The average molecular weight is 703 g/mol. The molecule has 2 atom stereocenters. The van der Waals surface area contributed by atoms with Crippen LogP contribution >= 0.6 is 0 Å². The second kappa shape index (κ2) is 38.1. The van der Waals surface area contributed by atoms with E-state index in [0.717, 1.165) is 38.0 Å². The van der Waals surface area contributed by atoms with Gasteiger partial charge in [0, 0.05) is 12.8 Å². The lowest BCUT2D eigenvalue weighted by Crippen LogP contribution is -2.25. The number of allylic oxidation sites excluding steroid dienone is 6. The van der Waals surface area contributed by atoms with Gasteiger partial charge >= 0.3 is 11.9 Å². The average Bonchev–Trinajstić information content (AvgIpc) is 3.09. The number of rotatable bonds is 36. The first-order chi connectivity index (χ1) is 24.3. The van der Waals surface area contributed by atoms with E-state index in [1.807, 2.05) is 24.3 Å². The first kappa shape index (κ1) is 47.8. The van der Waals surface area contributed by atoms with E-state index in [4.69, 9.17) is 9.47 Å². The van der Waals surface area contributed by atoms with Gasteiger partial charge in [0.2, 0.25) is 0 Å². The van der Waals surface area contributed by atoms with Crippen LogP contribution in [0.25, 0.3) is 0 Å². The second-order valence-corrected chi connectivity index (χ2v) is 14.4. The van der Waals surface area contributed by atoms with E-state index < -0.39 is 12.2 Å². The van der Waals surface area contributed by atoms with Crippen LogP contribution in [0.3, 0.4) is 0 Å². The van der Waals surface area contributed by atoms with Crippen molar-refractivity contribution in [1.29, 1.82) is 0 Å². The summed E-state index contributed by atoms with van der Waals surface area (Å²) in [6.45, 7) is 6.51. The molecule has 0 aromatic rings. The molecule has 0 heterocycles. The highest BCUT2D eigenvalue weighted by atomic mass is 16.6. The largest absolute Gasteiger partial charge is 0.463 e. The van der Waals surface area contributed by atoms with E-state index in [1.165, 1.54) is 103 Å². The molecule has 290 valence electrons. The molecule has 0 fully saturated rings. The molecule has 6 nitrogen and oxygen atoms in total. The fourth-order valence-corrected chi connectivity index (χ4v) is 5.64. The zero-order valence-corrected chi connectivity index (χ0v) is 32.7. The van der Waals surface area contributed by atoms with E-state index in [-0.39, 0.29) is 31.6 Å². The molecule has 0 radical (unpaired) electrons. The number of carbonyl (C=O) groups is 2. The summed E-state index contributed by atoms with van der Waals surface area (Å²) in [5.74, 6) is 0.161. The molecule has 50 heavy (non-hydrogen) atoms. The maximum atomic E-state index is 12.0. The minimum Gasteiger partial charge on any atom is -0.463 e. The molecule has 0 amide bonds. The molecule has 0 saturated carbocycles. The number of aliphatic hydroxyl groups excluding tert-OH is 2. The number of ether oxygens (including phenoxy) is 2. The lowest BCUT2D eigenvalue weighted by molar-refractivity contribution is -0.152. The molecule has 0 saturated heterocycles. The monoisotopic (exact) mass is 703 g/mol. The molecule has 0 rings (SSSR count). The SMILES string of the molecule is CCCCC/C=C\C/C=C\CC(O)/C=C\C=C\CCCC(=O)OC[C@H](O)COC(=O)CCCCCCCCCCCCCCCCCC(C)C. The van der Waals surface area contributed by atoms with Gasteiger partial charge in [0.25, 0.3) is 0 Å². The molecule has 1 unspecified atom stereocenters. The van der Waals surface area contributed by atoms with Gasteiger partial charge in [-0.3, -0.25) is 9.59 Å². The summed E-state index contributed by atoms with van der Waals surface area (Å²) >= 11 is 0. The van der Waals surface area contributed by atoms with Crippen molar-refractivity contribution in [2.45, 2.75) is 200 Å². The van der Waals surface area contributed by atoms with Crippen molar-refractivity contribution in [1.82, 2.24) is 0 Å². The highest BCUT2D eigenvalue weighted by Gasteiger charge is 2.12. The Hall–Kier alpha value is -2.18. The van der Waals surface area contributed by atoms with E-state index >= 15 is 0 Å². The lowest BCUT2D eigenvalue weighted by atomic mass is 10.0. The van der Waals surface area contributed by atoms with Gasteiger partial charge in [-0.2, -0.15) is 0 Å². The minimum atomic E-state index is -1.01. The molecule has 0 aliphatic heterocycles. The molecule has 0 aromatic carbocycles. The number of carbonyl (C=O) groups excluding carboxylic acids is 2. The predicted molar refractivity (Wildman–Crippen MR) is 211 cm³/mol. The van der Waals surface area contributed by atoms with Gasteiger partial charge < -0.3 is 19.7 Å².